The van der Waals surface area contributed by atoms with E-state index >= 15 is 0 Å². The molecule has 1 N–H and O–H groups in total. The van der Waals surface area contributed by atoms with E-state index in [-0.39, 0.29) is 0 Å². The fourth-order valence-electron chi connectivity index (χ4n) is 6.67. The van der Waals surface area contributed by atoms with Gasteiger partial charge in [-0.3, -0.25) is 9.58 Å². The molecule has 234 valence electrons. The molecule has 4 heterocycles. The highest BCUT2D eigenvalue weighted by Crippen LogP contribution is 2.45. The molecule has 0 amide bonds. The minimum Gasteiger partial charge on any atom is -0.479 e. The Morgan fingerprint density at radius 1 is 1.13 bits per heavy atom. The van der Waals surface area contributed by atoms with Gasteiger partial charge in [-0.2, -0.15) is 5.10 Å². The highest BCUT2D eigenvalue weighted by atomic mass is 35.5. The van der Waals surface area contributed by atoms with Gasteiger partial charge in [0.1, 0.15) is 5.01 Å². The summed E-state index contributed by atoms with van der Waals surface area (Å²) in [5.41, 5.74) is 6.55. The molecule has 0 aliphatic carbocycles. The maximum absolute atomic E-state index is 12.7. The number of hydrogen-bond donors (Lipinski definition) is 1. The lowest BCUT2D eigenvalue weighted by Gasteiger charge is -2.34. The van der Waals surface area contributed by atoms with Gasteiger partial charge < -0.3 is 14.6 Å². The Bertz CT molecular complexity index is 1920. The minimum atomic E-state index is -1.16. The van der Waals surface area contributed by atoms with Crippen molar-refractivity contribution in [2.45, 2.75) is 57.8 Å². The summed E-state index contributed by atoms with van der Waals surface area (Å²) < 4.78 is 14.5. The van der Waals surface area contributed by atoms with E-state index < -0.39 is 17.7 Å². The molecule has 2 fully saturated rings. The molecule has 2 saturated heterocycles. The van der Waals surface area contributed by atoms with Gasteiger partial charge in [-0.25, -0.2) is 9.78 Å². The fraction of sp³-hybridized carbons (Fsp3) is 0.400. The second-order valence-electron chi connectivity index (χ2n) is 13.2. The van der Waals surface area contributed by atoms with Crippen LogP contribution in [0.1, 0.15) is 56.0 Å². The summed E-state index contributed by atoms with van der Waals surface area (Å²) in [5.74, 6) is -0.658. The Balaban J connectivity index is 1.36. The van der Waals surface area contributed by atoms with Crippen molar-refractivity contribution in [2.75, 3.05) is 26.3 Å². The normalized spacial score (nSPS) is 18.6. The molecule has 3 aromatic carbocycles. The van der Waals surface area contributed by atoms with Gasteiger partial charge in [-0.1, -0.05) is 23.7 Å². The van der Waals surface area contributed by atoms with Gasteiger partial charge in [0.25, 0.3) is 0 Å². The zero-order valence-corrected chi connectivity index (χ0v) is 27.7. The zero-order valence-electron chi connectivity index (χ0n) is 26.1. The Morgan fingerprint density at radius 2 is 1.87 bits per heavy atom. The second kappa shape index (κ2) is 11.5. The average molecular weight is 645 g/mol. The van der Waals surface area contributed by atoms with Gasteiger partial charge in [-0.15, -0.1) is 11.3 Å². The lowest BCUT2D eigenvalue weighted by atomic mass is 9.91. The van der Waals surface area contributed by atoms with Crippen molar-refractivity contribution < 1.29 is 19.4 Å². The summed E-state index contributed by atoms with van der Waals surface area (Å²) in [5, 5.41) is 18.0. The van der Waals surface area contributed by atoms with Crippen molar-refractivity contribution in [1.29, 1.82) is 0 Å². The Kier molecular flexibility index (Phi) is 7.73. The van der Waals surface area contributed by atoms with E-state index in [1.54, 1.807) is 11.3 Å². The standard InChI is InChI=1S/C35H37ClN4O4S/c1-19-14-26-32(29(20-6-9-23(36)10-7-20)28(19)31(34(41)42)44-35(2,3)4)45-33(37-26)21-8-11-27-25(15-21)30(38-39(27)5)22-12-13-40(16-22)24-17-43-18-24/h6-11,14-15,22,24,31H,12-13,16-18H2,1-5H3,(H,41,42)/t22?,31-/m0/s1. The molecule has 0 spiro atoms. The predicted molar refractivity (Wildman–Crippen MR) is 179 cm³/mol. The maximum Gasteiger partial charge on any atom is 0.337 e. The molecule has 2 aromatic heterocycles. The van der Waals surface area contributed by atoms with Gasteiger partial charge in [-0.05, 0) is 88.2 Å². The first kappa shape index (κ1) is 30.3. The molecule has 2 aliphatic heterocycles. The Labute approximate surface area is 271 Å². The molecule has 1 unspecified atom stereocenters. The van der Waals surface area contributed by atoms with E-state index in [2.05, 4.69) is 23.1 Å². The quantitative estimate of drug-likeness (QED) is 0.195. The minimum absolute atomic E-state index is 0.373. The molecule has 8 nitrogen and oxygen atoms in total. The number of hydrogen-bond acceptors (Lipinski definition) is 7. The topological polar surface area (TPSA) is 89.7 Å². The molecule has 5 aromatic rings. The lowest BCUT2D eigenvalue weighted by Crippen LogP contribution is -2.47. The van der Waals surface area contributed by atoms with Gasteiger partial charge >= 0.3 is 5.97 Å². The number of nitrogens with zero attached hydrogens (tertiary/aromatic N) is 4. The molecule has 0 bridgehead atoms. The molecule has 45 heavy (non-hydrogen) atoms. The van der Waals surface area contributed by atoms with Crippen LogP contribution in [0.3, 0.4) is 0 Å². The first-order valence-corrected chi connectivity index (χ1v) is 16.6. The molecule has 10 heteroatoms. The first-order chi connectivity index (χ1) is 21.5. The molecule has 7 rings (SSSR count). The van der Waals surface area contributed by atoms with Gasteiger partial charge in [0.2, 0.25) is 0 Å². The SMILES string of the molecule is Cc1cc2nc(-c3ccc4c(c3)c(C3CCN(C5COC5)C3)nn4C)sc2c(-c2ccc(Cl)cc2)c1[C@H](OC(C)(C)C)C(=O)O. The van der Waals surface area contributed by atoms with Crippen LogP contribution in [0.25, 0.3) is 42.8 Å². The van der Waals surface area contributed by atoms with Crippen LogP contribution in [0.4, 0.5) is 0 Å². The van der Waals surface area contributed by atoms with Crippen molar-refractivity contribution in [3.05, 3.63) is 70.4 Å². The van der Waals surface area contributed by atoms with E-state index in [1.807, 2.05) is 69.8 Å². The first-order valence-electron chi connectivity index (χ1n) is 15.4. The average Bonchev–Trinajstić information content (AvgIpc) is 3.67. The van der Waals surface area contributed by atoms with Crippen molar-refractivity contribution in [3.63, 3.8) is 0 Å². The molecular weight excluding hydrogens is 608 g/mol. The smallest absolute Gasteiger partial charge is 0.337 e. The highest BCUT2D eigenvalue weighted by molar-refractivity contribution is 7.22. The van der Waals surface area contributed by atoms with Crippen LogP contribution in [0, 0.1) is 6.92 Å². The lowest BCUT2D eigenvalue weighted by molar-refractivity contribution is -0.160. The third kappa shape index (κ3) is 5.66. The van der Waals surface area contributed by atoms with Crippen LogP contribution in [-0.2, 0) is 21.3 Å². The number of likely N-dealkylation sites (tertiary alicyclic amines) is 1. The third-order valence-electron chi connectivity index (χ3n) is 8.89. The fourth-order valence-corrected chi connectivity index (χ4v) is 7.91. The van der Waals surface area contributed by atoms with Crippen molar-refractivity contribution in [2.24, 2.45) is 7.05 Å². The monoisotopic (exact) mass is 644 g/mol. The number of thiazole rings is 1. The maximum atomic E-state index is 12.7. The summed E-state index contributed by atoms with van der Waals surface area (Å²) in [6.07, 6.45) is -0.0700. The molecule has 2 atom stereocenters. The number of fused-ring (bicyclic) bond motifs is 2. The van der Waals surface area contributed by atoms with E-state index in [0.29, 0.717) is 22.5 Å². The van der Waals surface area contributed by atoms with Crippen LogP contribution in [-0.4, -0.2) is 68.7 Å². The number of aromatic nitrogens is 3. The summed E-state index contributed by atoms with van der Waals surface area (Å²) in [6, 6.07) is 16.5. The number of benzene rings is 3. The number of aliphatic carboxylic acids is 1. The molecule has 2 aliphatic rings. The van der Waals surface area contributed by atoms with E-state index in [9.17, 15) is 9.90 Å². The summed E-state index contributed by atoms with van der Waals surface area (Å²) in [4.78, 5) is 20.4. The van der Waals surface area contributed by atoms with E-state index in [1.165, 1.54) is 0 Å². The number of carboxylic acids is 1. The number of carboxylic acid groups (broad SMARTS) is 1. The molecule has 0 radical (unpaired) electrons. The van der Waals surface area contributed by atoms with Crippen LogP contribution < -0.4 is 0 Å². The van der Waals surface area contributed by atoms with E-state index in [0.717, 1.165) is 86.8 Å². The van der Waals surface area contributed by atoms with Gasteiger partial charge in [0.15, 0.2) is 6.10 Å². The van der Waals surface area contributed by atoms with Crippen LogP contribution in [0.5, 0.6) is 0 Å². The van der Waals surface area contributed by atoms with Crippen molar-refractivity contribution >= 4 is 50.0 Å². The number of carbonyl (C=O) groups is 1. The van der Waals surface area contributed by atoms with Crippen LogP contribution >= 0.6 is 22.9 Å². The van der Waals surface area contributed by atoms with Crippen molar-refractivity contribution in [1.82, 2.24) is 19.7 Å². The molecular formula is C35H37ClN4O4S. The van der Waals surface area contributed by atoms with Crippen LogP contribution in [0.15, 0.2) is 48.5 Å². The number of ether oxygens (including phenoxy) is 2. The van der Waals surface area contributed by atoms with Gasteiger partial charge in [0, 0.05) is 46.6 Å². The summed E-state index contributed by atoms with van der Waals surface area (Å²) in [7, 11) is 2.01. The number of halogens is 1. The second-order valence-corrected chi connectivity index (χ2v) is 14.7. The Hall–Kier alpha value is -3.34. The third-order valence-corrected chi connectivity index (χ3v) is 10.3. The summed E-state index contributed by atoms with van der Waals surface area (Å²) >= 11 is 7.84. The van der Waals surface area contributed by atoms with Crippen molar-refractivity contribution in [3.8, 4) is 21.7 Å². The van der Waals surface area contributed by atoms with Gasteiger partial charge in [0.05, 0.1) is 46.3 Å². The largest absolute Gasteiger partial charge is 0.479 e. The highest BCUT2D eigenvalue weighted by Gasteiger charge is 2.35. The predicted octanol–water partition coefficient (Wildman–Crippen LogP) is 7.61. The number of rotatable bonds is 7. The molecule has 0 saturated carbocycles. The number of aryl methyl sites for hydroxylation is 2. The van der Waals surface area contributed by atoms with E-state index in [4.69, 9.17) is 31.2 Å². The Morgan fingerprint density at radius 3 is 2.53 bits per heavy atom. The van der Waals surface area contributed by atoms with Crippen LogP contribution in [0.2, 0.25) is 5.02 Å². The zero-order chi connectivity index (χ0) is 31.6. The summed E-state index contributed by atoms with van der Waals surface area (Å²) in [6.45, 7) is 11.3.